The van der Waals surface area contributed by atoms with E-state index in [-0.39, 0.29) is 5.82 Å². The molecule has 0 radical (unpaired) electrons. The van der Waals surface area contributed by atoms with Gasteiger partial charge in [0.1, 0.15) is 11.6 Å². The van der Waals surface area contributed by atoms with Crippen LogP contribution in [0.2, 0.25) is 0 Å². The number of nitrogens with zero attached hydrogens (tertiary/aromatic N) is 2. The predicted octanol–water partition coefficient (Wildman–Crippen LogP) is 3.77. The fraction of sp³-hybridized carbons (Fsp3) is 0.118. The van der Waals surface area contributed by atoms with Crippen LogP contribution >= 0.6 is 0 Å². The van der Waals surface area contributed by atoms with Crippen molar-refractivity contribution in [1.29, 1.82) is 0 Å². The third-order valence-corrected chi connectivity index (χ3v) is 3.56. The highest BCUT2D eigenvalue weighted by atomic mass is 19.1. The van der Waals surface area contributed by atoms with Gasteiger partial charge in [-0.25, -0.2) is 9.37 Å². The van der Waals surface area contributed by atoms with Gasteiger partial charge in [0.2, 0.25) is 0 Å². The topological polar surface area (TPSA) is 54.2 Å². The molecule has 0 spiro atoms. The maximum absolute atomic E-state index is 14.2. The Morgan fingerprint density at radius 2 is 1.77 bits per heavy atom. The summed E-state index contributed by atoms with van der Waals surface area (Å²) in [6, 6.07) is 12.5. The number of rotatable bonds is 3. The van der Waals surface area contributed by atoms with Crippen LogP contribution in [0.4, 0.5) is 27.3 Å². The van der Waals surface area contributed by atoms with Gasteiger partial charge < -0.3 is 16.0 Å². The number of benzene rings is 2. The highest BCUT2D eigenvalue weighted by Crippen LogP contribution is 2.30. The summed E-state index contributed by atoms with van der Waals surface area (Å²) in [5.74, 6) is 0.115. The van der Waals surface area contributed by atoms with Crippen molar-refractivity contribution in [3.63, 3.8) is 0 Å². The van der Waals surface area contributed by atoms with Crippen LogP contribution in [-0.2, 0) is 0 Å². The van der Waals surface area contributed by atoms with Gasteiger partial charge in [-0.05, 0) is 42.5 Å². The number of hydrogen-bond acceptors (Lipinski definition) is 4. The lowest BCUT2D eigenvalue weighted by molar-refractivity contribution is 0.640. The molecule has 1 aromatic heterocycles. The SMILES string of the molecule is CN(C)c1ccc(Nc2nccc3c(N)ccc(F)c23)cc1. The van der Waals surface area contributed by atoms with E-state index in [1.165, 1.54) is 6.07 Å². The smallest absolute Gasteiger partial charge is 0.141 e. The van der Waals surface area contributed by atoms with Gasteiger partial charge >= 0.3 is 0 Å². The molecule has 0 aliphatic rings. The Labute approximate surface area is 128 Å². The Kier molecular flexibility index (Phi) is 3.55. The summed E-state index contributed by atoms with van der Waals surface area (Å²) in [6.45, 7) is 0. The Morgan fingerprint density at radius 3 is 2.45 bits per heavy atom. The van der Waals surface area contributed by atoms with Gasteiger partial charge in [-0.15, -0.1) is 0 Å². The molecule has 1 heterocycles. The highest BCUT2D eigenvalue weighted by molar-refractivity contribution is 6.00. The van der Waals surface area contributed by atoms with Crippen molar-refractivity contribution >= 4 is 33.7 Å². The maximum Gasteiger partial charge on any atom is 0.141 e. The Balaban J connectivity index is 2.02. The Hall–Kier alpha value is -2.82. The summed E-state index contributed by atoms with van der Waals surface area (Å²) >= 11 is 0. The first-order valence-corrected chi connectivity index (χ1v) is 6.93. The summed E-state index contributed by atoms with van der Waals surface area (Å²) < 4.78 is 14.2. The van der Waals surface area contributed by atoms with Crippen LogP contribution in [0.25, 0.3) is 10.8 Å². The minimum absolute atomic E-state index is 0.343. The molecule has 0 fully saturated rings. The largest absolute Gasteiger partial charge is 0.398 e. The molecule has 0 aliphatic heterocycles. The van der Waals surface area contributed by atoms with Gasteiger partial charge in [-0.2, -0.15) is 0 Å². The molecule has 0 amide bonds. The van der Waals surface area contributed by atoms with E-state index in [2.05, 4.69) is 10.3 Å². The number of nitrogens with two attached hydrogens (primary N) is 1. The van der Waals surface area contributed by atoms with Gasteiger partial charge in [-0.3, -0.25) is 0 Å². The van der Waals surface area contributed by atoms with E-state index in [0.717, 1.165) is 11.4 Å². The number of halogens is 1. The van der Waals surface area contributed by atoms with Crippen LogP contribution in [0.1, 0.15) is 0 Å². The van der Waals surface area contributed by atoms with E-state index in [4.69, 9.17) is 5.73 Å². The molecule has 0 bridgehead atoms. The first-order chi connectivity index (χ1) is 10.6. The molecule has 3 aromatic rings. The fourth-order valence-corrected chi connectivity index (χ4v) is 2.35. The molecule has 0 saturated heterocycles. The van der Waals surface area contributed by atoms with Crippen LogP contribution in [0.3, 0.4) is 0 Å². The molecule has 4 nitrogen and oxygen atoms in total. The molecule has 0 atom stereocenters. The van der Waals surface area contributed by atoms with E-state index >= 15 is 0 Å². The quantitative estimate of drug-likeness (QED) is 0.722. The van der Waals surface area contributed by atoms with Crippen molar-refractivity contribution in [3.05, 3.63) is 54.5 Å². The lowest BCUT2D eigenvalue weighted by Crippen LogP contribution is -2.08. The molecule has 0 unspecified atom stereocenters. The third-order valence-electron chi connectivity index (χ3n) is 3.56. The number of hydrogen-bond donors (Lipinski definition) is 2. The lowest BCUT2D eigenvalue weighted by Gasteiger charge is -2.14. The van der Waals surface area contributed by atoms with Gasteiger partial charge in [0.05, 0.1) is 5.39 Å². The standard InChI is InChI=1S/C17H17FN4/c1-22(2)12-5-3-11(4-6-12)21-17-16-13(9-10-20-17)15(19)8-7-14(16)18/h3-10H,19H2,1-2H3,(H,20,21). The molecule has 2 aromatic carbocycles. The van der Waals surface area contributed by atoms with Crippen LogP contribution in [0.5, 0.6) is 0 Å². The van der Waals surface area contributed by atoms with Crippen molar-refractivity contribution in [2.24, 2.45) is 0 Å². The zero-order valence-corrected chi connectivity index (χ0v) is 12.5. The normalized spacial score (nSPS) is 10.7. The molecule has 3 rings (SSSR count). The Morgan fingerprint density at radius 1 is 1.05 bits per heavy atom. The second-order valence-corrected chi connectivity index (χ2v) is 5.29. The maximum atomic E-state index is 14.2. The third kappa shape index (κ3) is 2.53. The fourth-order valence-electron chi connectivity index (χ4n) is 2.35. The second kappa shape index (κ2) is 5.52. The van der Waals surface area contributed by atoms with Gasteiger partial charge in [0, 0.05) is 42.7 Å². The van der Waals surface area contributed by atoms with E-state index in [9.17, 15) is 4.39 Å². The van der Waals surface area contributed by atoms with E-state index in [0.29, 0.717) is 22.3 Å². The minimum Gasteiger partial charge on any atom is -0.398 e. The second-order valence-electron chi connectivity index (χ2n) is 5.29. The average Bonchev–Trinajstić information content (AvgIpc) is 2.52. The zero-order valence-electron chi connectivity index (χ0n) is 12.5. The van der Waals surface area contributed by atoms with Crippen molar-refractivity contribution in [1.82, 2.24) is 4.98 Å². The lowest BCUT2D eigenvalue weighted by atomic mass is 10.1. The summed E-state index contributed by atoms with van der Waals surface area (Å²) in [4.78, 5) is 6.26. The molecular formula is C17H17FN4. The van der Waals surface area contributed by atoms with Crippen molar-refractivity contribution < 1.29 is 4.39 Å². The van der Waals surface area contributed by atoms with Crippen molar-refractivity contribution in [2.75, 3.05) is 30.0 Å². The molecule has 112 valence electrons. The van der Waals surface area contributed by atoms with E-state index in [1.54, 1.807) is 18.3 Å². The monoisotopic (exact) mass is 296 g/mol. The number of fused-ring (bicyclic) bond motifs is 1. The molecule has 0 saturated carbocycles. The summed E-state index contributed by atoms with van der Waals surface area (Å²) in [7, 11) is 3.96. The average molecular weight is 296 g/mol. The van der Waals surface area contributed by atoms with Crippen molar-refractivity contribution in [3.8, 4) is 0 Å². The van der Waals surface area contributed by atoms with Crippen LogP contribution < -0.4 is 16.0 Å². The molecule has 22 heavy (non-hydrogen) atoms. The van der Waals surface area contributed by atoms with Crippen LogP contribution in [-0.4, -0.2) is 19.1 Å². The first kappa shape index (κ1) is 14.1. The van der Waals surface area contributed by atoms with Crippen LogP contribution in [0, 0.1) is 5.82 Å². The van der Waals surface area contributed by atoms with E-state index in [1.807, 2.05) is 43.3 Å². The molecular weight excluding hydrogens is 279 g/mol. The summed E-state index contributed by atoms with van der Waals surface area (Å²) in [5.41, 5.74) is 8.37. The van der Waals surface area contributed by atoms with Crippen molar-refractivity contribution in [2.45, 2.75) is 0 Å². The van der Waals surface area contributed by atoms with E-state index < -0.39 is 0 Å². The zero-order chi connectivity index (χ0) is 15.7. The van der Waals surface area contributed by atoms with Gasteiger partial charge in [0.15, 0.2) is 0 Å². The minimum atomic E-state index is -0.343. The molecule has 5 heteroatoms. The Bertz CT molecular complexity index is 813. The number of pyridine rings is 1. The predicted molar refractivity (Wildman–Crippen MR) is 90.2 cm³/mol. The van der Waals surface area contributed by atoms with Gasteiger partial charge in [0.25, 0.3) is 0 Å². The molecule has 3 N–H and O–H groups in total. The number of nitrogen functional groups attached to an aromatic ring is 1. The first-order valence-electron chi connectivity index (χ1n) is 6.93. The molecule has 0 aliphatic carbocycles. The summed E-state index contributed by atoms with van der Waals surface area (Å²) in [6.07, 6.45) is 1.62. The number of aromatic nitrogens is 1. The van der Waals surface area contributed by atoms with Crippen LogP contribution in [0.15, 0.2) is 48.7 Å². The van der Waals surface area contributed by atoms with Gasteiger partial charge in [-0.1, -0.05) is 0 Å². The highest BCUT2D eigenvalue weighted by Gasteiger charge is 2.10. The summed E-state index contributed by atoms with van der Waals surface area (Å²) in [5, 5.41) is 4.21. The number of nitrogens with one attached hydrogen (secondary N) is 1. The number of anilines is 4.